The maximum absolute atomic E-state index is 11.9. The van der Waals surface area contributed by atoms with E-state index >= 15 is 0 Å². The molecule has 0 saturated heterocycles. The zero-order valence-electron chi connectivity index (χ0n) is 9.94. The lowest BCUT2D eigenvalue weighted by Gasteiger charge is -2.14. The second-order valence-corrected chi connectivity index (χ2v) is 4.59. The summed E-state index contributed by atoms with van der Waals surface area (Å²) in [5, 5.41) is 8.76. The van der Waals surface area contributed by atoms with Crippen LogP contribution in [0, 0.1) is 0 Å². The van der Waals surface area contributed by atoms with E-state index in [9.17, 15) is 4.79 Å². The first-order valence-corrected chi connectivity index (χ1v) is 6.04. The summed E-state index contributed by atoms with van der Waals surface area (Å²) in [6, 6.07) is 5.23. The number of aliphatic hydroxyl groups excluding tert-OH is 1. The molecule has 0 atom stereocenters. The summed E-state index contributed by atoms with van der Waals surface area (Å²) in [4.78, 5) is 13.7. The third kappa shape index (κ3) is 4.11. The van der Waals surface area contributed by atoms with E-state index in [0.717, 1.165) is 4.47 Å². The SMILES string of the molecule is COc1ccc(C(=O)CN(C)CCO)cc1Br. The predicted octanol–water partition coefficient (Wildman–Crippen LogP) is 1.56. The number of hydrogen-bond donors (Lipinski definition) is 1. The average Bonchev–Trinajstić information content (AvgIpc) is 2.29. The number of aliphatic hydroxyl groups is 1. The first-order valence-electron chi connectivity index (χ1n) is 5.24. The van der Waals surface area contributed by atoms with Gasteiger partial charge in [0.15, 0.2) is 5.78 Å². The Hall–Kier alpha value is -0.910. The molecule has 1 rings (SSSR count). The van der Waals surface area contributed by atoms with E-state index in [1.807, 2.05) is 0 Å². The van der Waals surface area contributed by atoms with Gasteiger partial charge >= 0.3 is 0 Å². The number of methoxy groups -OCH3 is 1. The molecule has 0 radical (unpaired) electrons. The van der Waals surface area contributed by atoms with E-state index in [4.69, 9.17) is 9.84 Å². The van der Waals surface area contributed by atoms with Crippen LogP contribution in [0.1, 0.15) is 10.4 Å². The minimum Gasteiger partial charge on any atom is -0.496 e. The summed E-state index contributed by atoms with van der Waals surface area (Å²) in [5.74, 6) is 0.717. The van der Waals surface area contributed by atoms with Crippen LogP contribution in [0.2, 0.25) is 0 Å². The Morgan fingerprint density at radius 1 is 1.53 bits per heavy atom. The van der Waals surface area contributed by atoms with Gasteiger partial charge in [0.05, 0.1) is 24.7 Å². The molecule has 1 aromatic carbocycles. The fourth-order valence-electron chi connectivity index (χ4n) is 1.43. The Morgan fingerprint density at radius 2 is 2.24 bits per heavy atom. The van der Waals surface area contributed by atoms with Crippen molar-refractivity contribution in [3.05, 3.63) is 28.2 Å². The standard InChI is InChI=1S/C12H16BrNO3/c1-14(5-6-15)8-11(16)9-3-4-12(17-2)10(13)7-9/h3-4,7,15H,5-6,8H2,1-2H3. The zero-order valence-corrected chi connectivity index (χ0v) is 11.5. The summed E-state index contributed by atoms with van der Waals surface area (Å²) >= 11 is 3.34. The normalized spacial score (nSPS) is 10.6. The summed E-state index contributed by atoms with van der Waals surface area (Å²) in [6.45, 7) is 0.832. The van der Waals surface area contributed by atoms with E-state index < -0.39 is 0 Å². The Bertz CT molecular complexity index is 395. The quantitative estimate of drug-likeness (QED) is 0.810. The van der Waals surface area contributed by atoms with Gasteiger partial charge in [-0.3, -0.25) is 9.69 Å². The number of hydrogen-bond acceptors (Lipinski definition) is 4. The molecule has 0 saturated carbocycles. The van der Waals surface area contributed by atoms with Crippen LogP contribution in [0.25, 0.3) is 0 Å². The van der Waals surface area contributed by atoms with E-state index in [-0.39, 0.29) is 12.4 Å². The predicted molar refractivity (Wildman–Crippen MR) is 69.6 cm³/mol. The minimum absolute atomic E-state index is 0.0179. The van der Waals surface area contributed by atoms with Gasteiger partial charge in [-0.1, -0.05) is 0 Å². The second kappa shape index (κ2) is 6.74. The van der Waals surface area contributed by atoms with Crippen LogP contribution in [-0.2, 0) is 0 Å². The van der Waals surface area contributed by atoms with Crippen molar-refractivity contribution in [2.24, 2.45) is 0 Å². The number of ketones is 1. The van der Waals surface area contributed by atoms with Gasteiger partial charge in [-0.25, -0.2) is 0 Å². The van der Waals surface area contributed by atoms with Crippen molar-refractivity contribution < 1.29 is 14.6 Å². The Labute approximate surface area is 109 Å². The summed E-state index contributed by atoms with van der Waals surface area (Å²) in [6.07, 6.45) is 0. The van der Waals surface area contributed by atoms with Crippen LogP contribution in [-0.4, -0.2) is 49.6 Å². The first kappa shape index (κ1) is 14.2. The number of likely N-dealkylation sites (N-methyl/N-ethyl adjacent to an activating group) is 1. The van der Waals surface area contributed by atoms with Crippen LogP contribution < -0.4 is 4.74 Å². The molecule has 0 bridgehead atoms. The van der Waals surface area contributed by atoms with Gasteiger partial charge < -0.3 is 9.84 Å². The van der Waals surface area contributed by atoms with Gasteiger partial charge in [0.2, 0.25) is 0 Å². The third-order valence-electron chi connectivity index (χ3n) is 2.37. The smallest absolute Gasteiger partial charge is 0.176 e. The topological polar surface area (TPSA) is 49.8 Å². The van der Waals surface area contributed by atoms with Gasteiger partial charge in [0.1, 0.15) is 5.75 Å². The van der Waals surface area contributed by atoms with Gasteiger partial charge in [-0.2, -0.15) is 0 Å². The molecule has 0 aliphatic rings. The molecule has 0 fully saturated rings. The molecule has 0 aliphatic heterocycles. The van der Waals surface area contributed by atoms with Crippen LogP contribution >= 0.6 is 15.9 Å². The Morgan fingerprint density at radius 3 is 2.76 bits per heavy atom. The summed E-state index contributed by atoms with van der Waals surface area (Å²) in [5.41, 5.74) is 0.627. The van der Waals surface area contributed by atoms with Crippen molar-refractivity contribution in [3.63, 3.8) is 0 Å². The molecule has 1 aromatic rings. The van der Waals surface area contributed by atoms with E-state index in [1.54, 1.807) is 37.3 Å². The summed E-state index contributed by atoms with van der Waals surface area (Å²) < 4.78 is 5.86. The lowest BCUT2D eigenvalue weighted by Crippen LogP contribution is -2.28. The zero-order chi connectivity index (χ0) is 12.8. The van der Waals surface area contributed by atoms with Gasteiger partial charge in [0, 0.05) is 12.1 Å². The molecule has 1 N–H and O–H groups in total. The number of carbonyl (C=O) groups excluding carboxylic acids is 1. The molecule has 0 aliphatic carbocycles. The molecular weight excluding hydrogens is 286 g/mol. The fraction of sp³-hybridized carbons (Fsp3) is 0.417. The molecule has 0 unspecified atom stereocenters. The largest absolute Gasteiger partial charge is 0.496 e. The van der Waals surface area contributed by atoms with E-state index in [0.29, 0.717) is 24.4 Å². The van der Waals surface area contributed by atoms with Gasteiger partial charge in [-0.15, -0.1) is 0 Å². The van der Waals surface area contributed by atoms with Crippen molar-refractivity contribution in [3.8, 4) is 5.75 Å². The molecule has 94 valence electrons. The number of carbonyl (C=O) groups is 1. The average molecular weight is 302 g/mol. The lowest BCUT2D eigenvalue weighted by atomic mass is 10.1. The molecule has 4 nitrogen and oxygen atoms in total. The third-order valence-corrected chi connectivity index (χ3v) is 2.99. The van der Waals surface area contributed by atoms with E-state index in [2.05, 4.69) is 15.9 Å². The summed E-state index contributed by atoms with van der Waals surface area (Å²) in [7, 11) is 3.38. The number of benzene rings is 1. The number of rotatable bonds is 6. The molecule has 17 heavy (non-hydrogen) atoms. The monoisotopic (exact) mass is 301 g/mol. The van der Waals surface area contributed by atoms with Crippen LogP contribution in [0.4, 0.5) is 0 Å². The Balaban J connectivity index is 2.72. The van der Waals surface area contributed by atoms with Gasteiger partial charge in [0.25, 0.3) is 0 Å². The maximum Gasteiger partial charge on any atom is 0.176 e. The second-order valence-electron chi connectivity index (χ2n) is 3.73. The molecule has 0 amide bonds. The highest BCUT2D eigenvalue weighted by molar-refractivity contribution is 9.10. The number of ether oxygens (including phenoxy) is 1. The number of Topliss-reactive ketones (excluding diaryl/α,β-unsaturated/α-hetero) is 1. The molecule has 5 heteroatoms. The maximum atomic E-state index is 11.9. The minimum atomic E-state index is 0.0179. The highest BCUT2D eigenvalue weighted by atomic mass is 79.9. The molecular formula is C12H16BrNO3. The van der Waals surface area contributed by atoms with Crippen LogP contribution in [0.3, 0.4) is 0 Å². The van der Waals surface area contributed by atoms with Crippen LogP contribution in [0.15, 0.2) is 22.7 Å². The van der Waals surface area contributed by atoms with Crippen molar-refractivity contribution in [2.75, 3.05) is 33.9 Å². The van der Waals surface area contributed by atoms with Crippen LogP contribution in [0.5, 0.6) is 5.75 Å². The number of halogens is 1. The van der Waals surface area contributed by atoms with Crippen molar-refractivity contribution in [2.45, 2.75) is 0 Å². The highest BCUT2D eigenvalue weighted by Crippen LogP contribution is 2.25. The van der Waals surface area contributed by atoms with Crippen molar-refractivity contribution >= 4 is 21.7 Å². The molecule has 0 spiro atoms. The lowest BCUT2D eigenvalue weighted by molar-refractivity contribution is 0.0935. The Kier molecular flexibility index (Phi) is 5.61. The molecule has 0 heterocycles. The van der Waals surface area contributed by atoms with Crippen molar-refractivity contribution in [1.82, 2.24) is 4.90 Å². The van der Waals surface area contributed by atoms with E-state index in [1.165, 1.54) is 0 Å². The highest BCUT2D eigenvalue weighted by Gasteiger charge is 2.11. The van der Waals surface area contributed by atoms with Crippen molar-refractivity contribution in [1.29, 1.82) is 0 Å². The fourth-order valence-corrected chi connectivity index (χ4v) is 1.97. The molecule has 0 aromatic heterocycles. The number of nitrogens with zero attached hydrogens (tertiary/aromatic N) is 1. The first-order chi connectivity index (χ1) is 8.08. The van der Waals surface area contributed by atoms with Gasteiger partial charge in [-0.05, 0) is 41.2 Å².